The molecule has 1 N–H and O–H groups in total. The molecule has 3 heteroatoms. The van der Waals surface area contributed by atoms with Crippen LogP contribution in [0.2, 0.25) is 0 Å². The van der Waals surface area contributed by atoms with E-state index in [0.717, 1.165) is 19.1 Å². The van der Waals surface area contributed by atoms with Crippen LogP contribution in [0.1, 0.15) is 25.3 Å². The molecule has 0 bridgehead atoms. The van der Waals surface area contributed by atoms with Crippen LogP contribution in [0.25, 0.3) is 0 Å². The van der Waals surface area contributed by atoms with Crippen LogP contribution in [0, 0.1) is 0 Å². The van der Waals surface area contributed by atoms with Crippen molar-refractivity contribution in [2.24, 2.45) is 0 Å². The lowest BCUT2D eigenvalue weighted by atomic mass is 10.1. The first-order valence-electron chi connectivity index (χ1n) is 7.20. The maximum atomic E-state index is 3.57. The van der Waals surface area contributed by atoms with Crippen LogP contribution in [0.3, 0.4) is 0 Å². The van der Waals surface area contributed by atoms with Crippen molar-refractivity contribution in [1.29, 1.82) is 0 Å². The third kappa shape index (κ3) is 1.53. The summed E-state index contributed by atoms with van der Waals surface area (Å²) in [5.41, 5.74) is 4.46. The lowest BCUT2D eigenvalue weighted by Crippen LogP contribution is -2.47. The molecule has 0 saturated heterocycles. The van der Waals surface area contributed by atoms with Crippen LogP contribution in [-0.4, -0.2) is 31.7 Å². The number of rotatable bonds is 1. The molecule has 0 radical (unpaired) electrons. The second-order valence-electron chi connectivity index (χ2n) is 5.88. The Bertz CT molecular complexity index is 467. The van der Waals surface area contributed by atoms with Gasteiger partial charge in [-0.1, -0.05) is 12.1 Å². The molecule has 4 rings (SSSR count). The highest BCUT2D eigenvalue weighted by Crippen LogP contribution is 2.43. The summed E-state index contributed by atoms with van der Waals surface area (Å²) < 4.78 is 0. The largest absolute Gasteiger partial charge is 0.365 e. The summed E-state index contributed by atoms with van der Waals surface area (Å²) in [5.74, 6) is 0. The first-order chi connectivity index (χ1) is 8.84. The number of hydrogen-bond acceptors (Lipinski definition) is 3. The Labute approximate surface area is 109 Å². The predicted molar refractivity (Wildman–Crippen MR) is 75.3 cm³/mol. The van der Waals surface area contributed by atoms with Gasteiger partial charge in [0.1, 0.15) is 0 Å². The zero-order valence-electron chi connectivity index (χ0n) is 11.0. The summed E-state index contributed by atoms with van der Waals surface area (Å²) in [4.78, 5) is 5.26. The second-order valence-corrected chi connectivity index (χ2v) is 5.88. The quantitative estimate of drug-likeness (QED) is 0.813. The van der Waals surface area contributed by atoms with Crippen LogP contribution in [0.5, 0.6) is 0 Å². The molecule has 2 heterocycles. The molecular weight excluding hydrogens is 222 g/mol. The normalized spacial score (nSPS) is 26.8. The molecular formula is C15H21N3. The number of hydrogen-bond donors (Lipinski definition) is 1. The van der Waals surface area contributed by atoms with Gasteiger partial charge < -0.3 is 15.1 Å². The van der Waals surface area contributed by atoms with Gasteiger partial charge in [-0.15, -0.1) is 0 Å². The molecule has 0 aromatic heterocycles. The Morgan fingerprint density at radius 3 is 2.83 bits per heavy atom. The van der Waals surface area contributed by atoms with E-state index in [1.807, 2.05) is 0 Å². The third-order valence-corrected chi connectivity index (χ3v) is 4.55. The van der Waals surface area contributed by atoms with Gasteiger partial charge in [-0.3, -0.25) is 0 Å². The first-order valence-corrected chi connectivity index (χ1v) is 7.20. The number of nitrogens with one attached hydrogen (secondary N) is 1. The second kappa shape index (κ2) is 3.89. The summed E-state index contributed by atoms with van der Waals surface area (Å²) in [7, 11) is 0. The van der Waals surface area contributed by atoms with E-state index < -0.39 is 0 Å². The zero-order valence-corrected chi connectivity index (χ0v) is 11.0. The van der Waals surface area contributed by atoms with Crippen molar-refractivity contribution in [3.63, 3.8) is 0 Å². The van der Waals surface area contributed by atoms with E-state index in [1.165, 1.54) is 42.9 Å². The molecule has 1 aliphatic carbocycles. The molecule has 0 spiro atoms. The van der Waals surface area contributed by atoms with Gasteiger partial charge in [-0.2, -0.15) is 0 Å². The van der Waals surface area contributed by atoms with Crippen molar-refractivity contribution in [1.82, 2.24) is 5.32 Å². The van der Waals surface area contributed by atoms with Crippen LogP contribution < -0.4 is 15.1 Å². The van der Waals surface area contributed by atoms with E-state index in [0.29, 0.717) is 6.04 Å². The van der Waals surface area contributed by atoms with Crippen molar-refractivity contribution in [3.05, 3.63) is 23.8 Å². The van der Waals surface area contributed by atoms with Gasteiger partial charge in [0.25, 0.3) is 0 Å². The number of nitrogens with zero attached hydrogens (tertiary/aromatic N) is 2. The summed E-state index contributed by atoms with van der Waals surface area (Å²) in [5, 5.41) is 3.57. The van der Waals surface area contributed by atoms with Gasteiger partial charge in [-0.05, 0) is 31.4 Å². The lowest BCUT2D eigenvalue weighted by Gasteiger charge is -2.42. The highest BCUT2D eigenvalue weighted by molar-refractivity contribution is 5.78. The summed E-state index contributed by atoms with van der Waals surface area (Å²) in [6.45, 7) is 6.83. The minimum absolute atomic E-state index is 0.605. The number of anilines is 2. The van der Waals surface area contributed by atoms with Crippen molar-refractivity contribution < 1.29 is 0 Å². The Morgan fingerprint density at radius 2 is 2.00 bits per heavy atom. The van der Waals surface area contributed by atoms with Crippen molar-refractivity contribution >= 4 is 11.4 Å². The predicted octanol–water partition coefficient (Wildman–Crippen LogP) is 1.97. The first kappa shape index (κ1) is 10.7. The summed E-state index contributed by atoms with van der Waals surface area (Å²) in [6.07, 6.45) is 2.77. The fourth-order valence-corrected chi connectivity index (χ4v) is 3.46. The molecule has 1 unspecified atom stereocenters. The van der Waals surface area contributed by atoms with Gasteiger partial charge in [0.15, 0.2) is 0 Å². The van der Waals surface area contributed by atoms with Crippen LogP contribution in [0.4, 0.5) is 11.4 Å². The monoisotopic (exact) mass is 243 g/mol. The van der Waals surface area contributed by atoms with Crippen molar-refractivity contribution in [3.8, 4) is 0 Å². The Morgan fingerprint density at radius 1 is 1.17 bits per heavy atom. The van der Waals surface area contributed by atoms with Crippen molar-refractivity contribution in [2.75, 3.05) is 29.4 Å². The minimum Gasteiger partial charge on any atom is -0.365 e. The fourth-order valence-electron chi connectivity index (χ4n) is 3.46. The highest BCUT2D eigenvalue weighted by atomic mass is 15.3. The van der Waals surface area contributed by atoms with E-state index in [-0.39, 0.29) is 0 Å². The smallest absolute Gasteiger partial charge is 0.0653 e. The van der Waals surface area contributed by atoms with E-state index >= 15 is 0 Å². The molecule has 0 amide bonds. The average Bonchev–Trinajstić information content (AvgIpc) is 3.21. The fraction of sp³-hybridized carbons (Fsp3) is 0.600. The van der Waals surface area contributed by atoms with Gasteiger partial charge in [0.2, 0.25) is 0 Å². The van der Waals surface area contributed by atoms with Gasteiger partial charge in [0.05, 0.1) is 11.4 Å². The maximum Gasteiger partial charge on any atom is 0.0653 e. The molecule has 3 aliphatic rings. The highest BCUT2D eigenvalue weighted by Gasteiger charge is 2.36. The molecule has 1 saturated carbocycles. The Balaban J connectivity index is 1.84. The topological polar surface area (TPSA) is 18.5 Å². The molecule has 1 aromatic rings. The molecule has 3 nitrogen and oxygen atoms in total. The van der Waals surface area contributed by atoms with Gasteiger partial charge >= 0.3 is 0 Å². The molecule has 1 atom stereocenters. The van der Waals surface area contributed by atoms with E-state index in [4.69, 9.17) is 0 Å². The third-order valence-electron chi connectivity index (χ3n) is 4.55. The van der Waals surface area contributed by atoms with Gasteiger partial charge in [0, 0.05) is 38.3 Å². The molecule has 18 heavy (non-hydrogen) atoms. The van der Waals surface area contributed by atoms with Crippen LogP contribution >= 0.6 is 0 Å². The van der Waals surface area contributed by atoms with E-state index in [9.17, 15) is 0 Å². The van der Waals surface area contributed by atoms with Crippen molar-refractivity contribution in [2.45, 2.75) is 38.4 Å². The molecule has 96 valence electrons. The maximum absolute atomic E-state index is 3.57. The Hall–Kier alpha value is -1.22. The van der Waals surface area contributed by atoms with Crippen LogP contribution in [-0.2, 0) is 6.54 Å². The van der Waals surface area contributed by atoms with E-state index in [1.54, 1.807) is 0 Å². The summed E-state index contributed by atoms with van der Waals surface area (Å²) in [6, 6.07) is 8.26. The molecule has 1 fully saturated rings. The lowest BCUT2D eigenvalue weighted by molar-refractivity contribution is 0.570. The number of benzene rings is 1. The number of para-hydroxylation sites is 1. The summed E-state index contributed by atoms with van der Waals surface area (Å²) >= 11 is 0. The van der Waals surface area contributed by atoms with Crippen LogP contribution in [0.15, 0.2) is 18.2 Å². The molecule has 1 aromatic carbocycles. The SMILES string of the molecule is CC1CNCc2cccc3c2N1CCN3C1CC1. The molecule has 2 aliphatic heterocycles. The van der Waals surface area contributed by atoms with E-state index in [2.05, 4.69) is 40.2 Å². The minimum atomic E-state index is 0.605. The Kier molecular flexibility index (Phi) is 2.31. The zero-order chi connectivity index (χ0) is 12.1. The standard InChI is InChI=1S/C15H21N3/c1-11-9-16-10-12-3-2-4-14-15(12)17(11)7-8-18(14)13-5-6-13/h2-4,11,13,16H,5-10H2,1H3. The average molecular weight is 243 g/mol. The van der Waals surface area contributed by atoms with Gasteiger partial charge in [-0.25, -0.2) is 0 Å².